The molecule has 84 valence electrons. The predicted octanol–water partition coefficient (Wildman–Crippen LogP) is 2.96. The van der Waals surface area contributed by atoms with Gasteiger partial charge in [-0.1, -0.05) is 6.07 Å². The topological polar surface area (TPSA) is 35.2 Å². The highest BCUT2D eigenvalue weighted by molar-refractivity contribution is 9.10. The first-order valence-electron chi connectivity index (χ1n) is 5.05. The Labute approximate surface area is 99.9 Å². The van der Waals surface area contributed by atoms with Crippen molar-refractivity contribution in [1.29, 1.82) is 0 Å². The molecule has 0 heterocycles. The molecule has 2 N–H and O–H groups in total. The van der Waals surface area contributed by atoms with Crippen molar-refractivity contribution in [2.45, 2.75) is 33.2 Å². The van der Waals surface area contributed by atoms with Crippen molar-refractivity contribution in [1.82, 2.24) is 0 Å². The van der Waals surface area contributed by atoms with Gasteiger partial charge in [-0.3, -0.25) is 0 Å². The molecule has 3 heteroatoms. The van der Waals surface area contributed by atoms with E-state index in [0.717, 1.165) is 16.6 Å². The van der Waals surface area contributed by atoms with Crippen molar-refractivity contribution in [3.05, 3.63) is 27.2 Å². The summed E-state index contributed by atoms with van der Waals surface area (Å²) < 4.78 is 6.45. The lowest BCUT2D eigenvalue weighted by Gasteiger charge is -2.16. The number of hydrogen-bond donors (Lipinski definition) is 1. The van der Waals surface area contributed by atoms with Gasteiger partial charge in [0.05, 0.1) is 11.6 Å². The summed E-state index contributed by atoms with van der Waals surface area (Å²) >= 11 is 3.57. The van der Waals surface area contributed by atoms with Gasteiger partial charge in [0.1, 0.15) is 5.75 Å². The summed E-state index contributed by atoms with van der Waals surface area (Å²) in [7, 11) is 1.69. The summed E-state index contributed by atoms with van der Waals surface area (Å²) in [5, 5.41) is 0. The molecular weight excluding hydrogens is 254 g/mol. The van der Waals surface area contributed by atoms with Gasteiger partial charge in [-0.2, -0.15) is 0 Å². The van der Waals surface area contributed by atoms with E-state index in [1.807, 2.05) is 6.92 Å². The van der Waals surface area contributed by atoms with E-state index in [4.69, 9.17) is 10.5 Å². The van der Waals surface area contributed by atoms with Crippen molar-refractivity contribution in [2.75, 3.05) is 7.11 Å². The number of halogens is 1. The standard InChI is InChI=1S/C12H18BrNO/c1-7-5-10(6-8(2)14)12(15-4)11(13)9(7)3/h5,8H,6,14H2,1-4H3. The maximum absolute atomic E-state index is 5.82. The highest BCUT2D eigenvalue weighted by Gasteiger charge is 2.13. The number of methoxy groups -OCH3 is 1. The van der Waals surface area contributed by atoms with Crippen LogP contribution in [-0.2, 0) is 6.42 Å². The van der Waals surface area contributed by atoms with Crippen LogP contribution >= 0.6 is 15.9 Å². The lowest BCUT2D eigenvalue weighted by atomic mass is 10.0. The van der Waals surface area contributed by atoms with Gasteiger partial charge in [-0.15, -0.1) is 0 Å². The number of nitrogens with two attached hydrogens (primary N) is 1. The van der Waals surface area contributed by atoms with E-state index < -0.39 is 0 Å². The van der Waals surface area contributed by atoms with Gasteiger partial charge in [0.25, 0.3) is 0 Å². The van der Waals surface area contributed by atoms with Crippen molar-refractivity contribution in [3.8, 4) is 5.75 Å². The summed E-state index contributed by atoms with van der Waals surface area (Å²) in [6.07, 6.45) is 0.836. The van der Waals surface area contributed by atoms with Gasteiger partial charge in [0, 0.05) is 6.04 Å². The van der Waals surface area contributed by atoms with Crippen molar-refractivity contribution >= 4 is 15.9 Å². The molecule has 2 nitrogen and oxygen atoms in total. The second-order valence-corrected chi connectivity index (χ2v) is 4.80. The van der Waals surface area contributed by atoms with Crippen LogP contribution in [0.4, 0.5) is 0 Å². The van der Waals surface area contributed by atoms with Crippen LogP contribution in [0.25, 0.3) is 0 Å². The Hall–Kier alpha value is -0.540. The van der Waals surface area contributed by atoms with Crippen LogP contribution in [0, 0.1) is 13.8 Å². The first kappa shape index (κ1) is 12.5. The van der Waals surface area contributed by atoms with Gasteiger partial charge < -0.3 is 10.5 Å². The summed E-state index contributed by atoms with van der Waals surface area (Å²) in [6, 6.07) is 2.30. The van der Waals surface area contributed by atoms with Crippen LogP contribution in [0.3, 0.4) is 0 Å². The predicted molar refractivity (Wildman–Crippen MR) is 67.5 cm³/mol. The Morgan fingerprint density at radius 2 is 2.07 bits per heavy atom. The van der Waals surface area contributed by atoms with E-state index in [1.54, 1.807) is 7.11 Å². The molecule has 1 aromatic rings. The first-order chi connectivity index (χ1) is 6.97. The van der Waals surface area contributed by atoms with E-state index in [9.17, 15) is 0 Å². The lowest BCUT2D eigenvalue weighted by Crippen LogP contribution is -2.18. The van der Waals surface area contributed by atoms with E-state index in [2.05, 4.69) is 35.8 Å². The fourth-order valence-electron chi connectivity index (χ4n) is 1.64. The monoisotopic (exact) mass is 271 g/mol. The van der Waals surface area contributed by atoms with Gasteiger partial charge in [-0.25, -0.2) is 0 Å². The number of ether oxygens (including phenoxy) is 1. The van der Waals surface area contributed by atoms with Gasteiger partial charge in [-0.05, 0) is 59.8 Å². The van der Waals surface area contributed by atoms with Gasteiger partial charge >= 0.3 is 0 Å². The average Bonchev–Trinajstić information content (AvgIpc) is 2.14. The van der Waals surface area contributed by atoms with Crippen LogP contribution in [0.5, 0.6) is 5.75 Å². The Morgan fingerprint density at radius 1 is 1.47 bits per heavy atom. The quantitative estimate of drug-likeness (QED) is 0.918. The molecule has 0 aromatic heterocycles. The highest BCUT2D eigenvalue weighted by atomic mass is 79.9. The second kappa shape index (κ2) is 4.99. The lowest BCUT2D eigenvalue weighted by molar-refractivity contribution is 0.405. The number of rotatable bonds is 3. The Kier molecular flexibility index (Phi) is 4.17. The van der Waals surface area contributed by atoms with Crippen LogP contribution in [0.2, 0.25) is 0 Å². The molecule has 1 aromatic carbocycles. The molecule has 15 heavy (non-hydrogen) atoms. The summed E-state index contributed by atoms with van der Waals surface area (Å²) in [6.45, 7) is 6.18. The molecule has 0 amide bonds. The molecule has 0 aliphatic rings. The number of hydrogen-bond acceptors (Lipinski definition) is 2. The van der Waals surface area contributed by atoms with E-state index >= 15 is 0 Å². The summed E-state index contributed by atoms with van der Waals surface area (Å²) in [5.41, 5.74) is 9.47. The van der Waals surface area contributed by atoms with Gasteiger partial charge in [0.2, 0.25) is 0 Å². The number of aryl methyl sites for hydroxylation is 1. The summed E-state index contributed by atoms with van der Waals surface area (Å²) in [4.78, 5) is 0. The molecule has 1 unspecified atom stereocenters. The van der Waals surface area contributed by atoms with Gasteiger partial charge in [0.15, 0.2) is 0 Å². The Balaban J connectivity index is 3.25. The zero-order valence-electron chi connectivity index (χ0n) is 9.73. The molecule has 0 aliphatic heterocycles. The van der Waals surface area contributed by atoms with Crippen molar-refractivity contribution in [2.24, 2.45) is 5.73 Å². The van der Waals surface area contributed by atoms with Crippen LogP contribution in [-0.4, -0.2) is 13.2 Å². The third-order valence-corrected chi connectivity index (χ3v) is 3.50. The minimum Gasteiger partial charge on any atom is -0.495 e. The van der Waals surface area contributed by atoms with E-state index in [1.165, 1.54) is 16.7 Å². The smallest absolute Gasteiger partial charge is 0.136 e. The molecule has 0 spiro atoms. The van der Waals surface area contributed by atoms with E-state index in [0.29, 0.717) is 0 Å². The minimum absolute atomic E-state index is 0.146. The first-order valence-corrected chi connectivity index (χ1v) is 5.84. The SMILES string of the molecule is COc1c(CC(C)N)cc(C)c(C)c1Br. The third kappa shape index (κ3) is 2.73. The molecule has 0 fully saturated rings. The second-order valence-electron chi connectivity index (χ2n) is 4.01. The van der Waals surface area contributed by atoms with Crippen LogP contribution in [0.15, 0.2) is 10.5 Å². The molecule has 0 radical (unpaired) electrons. The zero-order valence-corrected chi connectivity index (χ0v) is 11.3. The fourth-order valence-corrected chi connectivity index (χ4v) is 2.37. The highest BCUT2D eigenvalue weighted by Crippen LogP contribution is 2.34. The molecule has 1 atom stereocenters. The van der Waals surface area contributed by atoms with Crippen molar-refractivity contribution in [3.63, 3.8) is 0 Å². The summed E-state index contributed by atoms with van der Waals surface area (Å²) in [5.74, 6) is 0.912. The van der Waals surface area contributed by atoms with Crippen LogP contribution in [0.1, 0.15) is 23.6 Å². The molecular formula is C12H18BrNO. The van der Waals surface area contributed by atoms with E-state index in [-0.39, 0.29) is 6.04 Å². The maximum atomic E-state index is 5.82. The third-order valence-electron chi connectivity index (χ3n) is 2.55. The van der Waals surface area contributed by atoms with Crippen molar-refractivity contribution < 1.29 is 4.74 Å². The Bertz CT molecular complexity index is 361. The largest absolute Gasteiger partial charge is 0.495 e. The average molecular weight is 272 g/mol. The number of benzene rings is 1. The minimum atomic E-state index is 0.146. The zero-order chi connectivity index (χ0) is 11.6. The van der Waals surface area contributed by atoms with Crippen LogP contribution < -0.4 is 10.5 Å². The maximum Gasteiger partial charge on any atom is 0.136 e. The molecule has 0 bridgehead atoms. The Morgan fingerprint density at radius 3 is 2.53 bits per heavy atom. The normalized spacial score (nSPS) is 12.7. The molecule has 0 aliphatic carbocycles. The molecule has 0 saturated carbocycles. The fraction of sp³-hybridized carbons (Fsp3) is 0.500. The molecule has 1 rings (SSSR count). The molecule has 0 saturated heterocycles.